The SMILES string of the molecule is C#C.C#C.CN(CCCCc1nc2c3cc(F)cc(F)c3nc(N)n2n1)C(=O)c1ccc(C(C)(C)O)cn1. The number of nitrogens with zero attached hydrogens (tertiary/aromatic N) is 6. The third-order valence-electron chi connectivity index (χ3n) is 5.54. The molecular formula is C27H29F2N7O2. The first-order valence-electron chi connectivity index (χ1n) is 11.5. The maximum atomic E-state index is 14.1. The van der Waals surface area contributed by atoms with Gasteiger partial charge in [0.25, 0.3) is 5.91 Å². The number of terminal acetylenes is 2. The highest BCUT2D eigenvalue weighted by atomic mass is 19.1. The van der Waals surface area contributed by atoms with Crippen LogP contribution >= 0.6 is 0 Å². The molecule has 0 bridgehead atoms. The van der Waals surface area contributed by atoms with Crippen molar-refractivity contribution in [2.45, 2.75) is 38.7 Å². The highest BCUT2D eigenvalue weighted by Crippen LogP contribution is 2.24. The Labute approximate surface area is 219 Å². The van der Waals surface area contributed by atoms with E-state index in [1.54, 1.807) is 37.9 Å². The number of benzene rings is 1. The van der Waals surface area contributed by atoms with Gasteiger partial charge in [0.2, 0.25) is 5.95 Å². The average molecular weight is 522 g/mol. The lowest BCUT2D eigenvalue weighted by molar-refractivity contribution is 0.0761. The number of nitrogen functional groups attached to an aromatic ring is 1. The van der Waals surface area contributed by atoms with Gasteiger partial charge >= 0.3 is 0 Å². The summed E-state index contributed by atoms with van der Waals surface area (Å²) in [5.74, 6) is -1.35. The topological polar surface area (TPSA) is 123 Å². The van der Waals surface area contributed by atoms with Crippen LogP contribution in [0.2, 0.25) is 0 Å². The highest BCUT2D eigenvalue weighted by molar-refractivity contribution is 5.93. The molecule has 0 fully saturated rings. The molecule has 198 valence electrons. The van der Waals surface area contributed by atoms with Gasteiger partial charge in [-0.1, -0.05) is 6.07 Å². The molecular weight excluding hydrogens is 492 g/mol. The highest BCUT2D eigenvalue weighted by Gasteiger charge is 2.19. The lowest BCUT2D eigenvalue weighted by atomic mass is 10.0. The van der Waals surface area contributed by atoms with E-state index in [2.05, 4.69) is 45.7 Å². The first-order valence-corrected chi connectivity index (χ1v) is 11.5. The summed E-state index contributed by atoms with van der Waals surface area (Å²) in [6.45, 7) is 3.79. The predicted octanol–water partition coefficient (Wildman–Crippen LogP) is 3.35. The number of hydrogen-bond acceptors (Lipinski definition) is 7. The van der Waals surface area contributed by atoms with Crippen LogP contribution in [-0.2, 0) is 12.0 Å². The Morgan fingerprint density at radius 1 is 1.13 bits per heavy atom. The van der Waals surface area contributed by atoms with Crippen LogP contribution in [-0.4, -0.2) is 54.1 Å². The maximum absolute atomic E-state index is 14.1. The van der Waals surface area contributed by atoms with Crippen molar-refractivity contribution in [2.24, 2.45) is 0 Å². The van der Waals surface area contributed by atoms with Crippen LogP contribution in [0.4, 0.5) is 14.7 Å². The Bertz CT molecular complexity index is 1450. The van der Waals surface area contributed by atoms with Crippen molar-refractivity contribution in [3.63, 3.8) is 0 Å². The van der Waals surface area contributed by atoms with Gasteiger partial charge in [-0.3, -0.25) is 9.78 Å². The summed E-state index contributed by atoms with van der Waals surface area (Å²) >= 11 is 0. The number of aryl methyl sites for hydroxylation is 1. The van der Waals surface area contributed by atoms with Gasteiger partial charge in [0, 0.05) is 37.8 Å². The molecule has 9 nitrogen and oxygen atoms in total. The molecule has 0 saturated carbocycles. The van der Waals surface area contributed by atoms with Gasteiger partial charge in [-0.25, -0.2) is 18.7 Å². The molecule has 0 unspecified atom stereocenters. The summed E-state index contributed by atoms with van der Waals surface area (Å²) in [6, 6.07) is 5.19. The average Bonchev–Trinajstić information content (AvgIpc) is 3.34. The predicted molar refractivity (Wildman–Crippen MR) is 142 cm³/mol. The van der Waals surface area contributed by atoms with Gasteiger partial charge < -0.3 is 15.7 Å². The van der Waals surface area contributed by atoms with Crippen LogP contribution in [0.15, 0.2) is 30.5 Å². The summed E-state index contributed by atoms with van der Waals surface area (Å²) in [4.78, 5) is 26.7. The number of anilines is 1. The molecule has 0 radical (unpaired) electrons. The second-order valence-corrected chi connectivity index (χ2v) is 8.69. The number of pyridine rings is 1. The lowest BCUT2D eigenvalue weighted by Gasteiger charge is -2.19. The molecule has 4 aromatic rings. The van der Waals surface area contributed by atoms with E-state index in [0.717, 1.165) is 12.1 Å². The van der Waals surface area contributed by atoms with Gasteiger partial charge in [-0.15, -0.1) is 30.8 Å². The van der Waals surface area contributed by atoms with E-state index in [9.17, 15) is 18.7 Å². The zero-order valence-electron chi connectivity index (χ0n) is 21.4. The molecule has 0 saturated heterocycles. The van der Waals surface area contributed by atoms with Crippen LogP contribution in [0.5, 0.6) is 0 Å². The first kappa shape index (κ1) is 29.6. The van der Waals surface area contributed by atoms with Crippen molar-refractivity contribution in [1.29, 1.82) is 0 Å². The quantitative estimate of drug-likeness (QED) is 0.282. The molecule has 3 N–H and O–H groups in total. The summed E-state index contributed by atoms with van der Waals surface area (Å²) < 4.78 is 29.1. The summed E-state index contributed by atoms with van der Waals surface area (Å²) in [5.41, 5.74) is 5.96. The fraction of sp³-hybridized carbons (Fsp3) is 0.296. The molecule has 3 heterocycles. The molecule has 3 aromatic heterocycles. The Kier molecular flexibility index (Phi) is 9.80. The molecule has 0 aliphatic rings. The Morgan fingerprint density at radius 2 is 1.82 bits per heavy atom. The second kappa shape index (κ2) is 12.6. The number of fused-ring (bicyclic) bond motifs is 3. The fourth-order valence-electron chi connectivity index (χ4n) is 3.62. The molecule has 0 aliphatic heterocycles. The zero-order chi connectivity index (χ0) is 28.6. The van der Waals surface area contributed by atoms with Crippen molar-refractivity contribution in [1.82, 2.24) is 29.5 Å². The second-order valence-electron chi connectivity index (χ2n) is 8.69. The summed E-state index contributed by atoms with van der Waals surface area (Å²) in [5, 5.41) is 14.5. The van der Waals surface area contributed by atoms with Gasteiger partial charge in [-0.05, 0) is 38.8 Å². The van der Waals surface area contributed by atoms with E-state index in [-0.39, 0.29) is 28.4 Å². The minimum Gasteiger partial charge on any atom is -0.386 e. The summed E-state index contributed by atoms with van der Waals surface area (Å²) in [7, 11) is 1.69. The number of unbranched alkanes of at least 4 members (excludes halogenated alkanes) is 1. The van der Waals surface area contributed by atoms with Crippen LogP contribution in [0, 0.1) is 37.3 Å². The molecule has 1 amide bonds. The Balaban J connectivity index is 0.00000121. The molecule has 0 spiro atoms. The van der Waals surface area contributed by atoms with Crippen LogP contribution in [0.1, 0.15) is 48.6 Å². The number of aromatic nitrogens is 5. The number of carbonyl (C=O) groups is 1. The zero-order valence-corrected chi connectivity index (χ0v) is 21.4. The van der Waals surface area contributed by atoms with E-state index in [4.69, 9.17) is 5.73 Å². The van der Waals surface area contributed by atoms with E-state index < -0.39 is 17.2 Å². The van der Waals surface area contributed by atoms with Gasteiger partial charge in [0.1, 0.15) is 17.0 Å². The minimum absolute atomic E-state index is 0.0415. The van der Waals surface area contributed by atoms with Crippen LogP contribution < -0.4 is 5.73 Å². The number of carbonyl (C=O) groups excluding carboxylic acids is 1. The van der Waals surface area contributed by atoms with Crippen molar-refractivity contribution in [2.75, 3.05) is 19.3 Å². The van der Waals surface area contributed by atoms with Crippen molar-refractivity contribution >= 4 is 28.4 Å². The van der Waals surface area contributed by atoms with Gasteiger partial charge in [0.05, 0.1) is 11.0 Å². The number of amides is 1. The smallest absolute Gasteiger partial charge is 0.272 e. The number of nitrogens with two attached hydrogens (primary N) is 1. The van der Waals surface area contributed by atoms with Crippen LogP contribution in [0.3, 0.4) is 0 Å². The fourth-order valence-corrected chi connectivity index (χ4v) is 3.62. The normalized spacial score (nSPS) is 10.8. The van der Waals surface area contributed by atoms with Crippen molar-refractivity contribution < 1.29 is 18.7 Å². The van der Waals surface area contributed by atoms with Crippen molar-refractivity contribution in [3.8, 4) is 25.7 Å². The monoisotopic (exact) mass is 521 g/mol. The molecule has 4 rings (SSSR count). The standard InChI is InChI=1S/C23H25F2N7O2.2C2H2/c1-23(2,34)13-7-8-17(27-12-13)21(33)31(3)9-5-4-6-18-28-20-15-10-14(24)11-16(25)19(15)29-22(26)32(20)30-18;2*1-2/h7-8,10-12,34H,4-6,9H2,1-3H3,(H2,26,29);2*1-2H. The maximum Gasteiger partial charge on any atom is 0.272 e. The molecule has 11 heteroatoms. The van der Waals surface area contributed by atoms with Crippen molar-refractivity contribution in [3.05, 3.63) is 59.2 Å². The molecule has 0 aliphatic carbocycles. The van der Waals surface area contributed by atoms with E-state index in [1.165, 1.54) is 10.7 Å². The Hall–Kier alpha value is -4.61. The van der Waals surface area contributed by atoms with E-state index in [1.807, 2.05) is 0 Å². The largest absolute Gasteiger partial charge is 0.386 e. The number of aliphatic hydroxyl groups is 1. The third-order valence-corrected chi connectivity index (χ3v) is 5.54. The lowest BCUT2D eigenvalue weighted by Crippen LogP contribution is -2.28. The molecule has 38 heavy (non-hydrogen) atoms. The van der Waals surface area contributed by atoms with E-state index >= 15 is 0 Å². The number of hydrogen-bond donors (Lipinski definition) is 2. The first-order chi connectivity index (χ1) is 18.0. The summed E-state index contributed by atoms with van der Waals surface area (Å²) in [6.07, 6.45) is 19.3. The number of rotatable bonds is 7. The van der Waals surface area contributed by atoms with Crippen LogP contribution in [0.25, 0.3) is 16.6 Å². The van der Waals surface area contributed by atoms with Gasteiger partial charge in [-0.2, -0.15) is 4.52 Å². The Morgan fingerprint density at radius 3 is 2.42 bits per heavy atom. The minimum atomic E-state index is -1.03. The van der Waals surface area contributed by atoms with Gasteiger partial charge in [0.15, 0.2) is 17.3 Å². The molecule has 0 atom stereocenters. The third kappa shape index (κ3) is 6.58. The molecule has 1 aromatic carbocycles. The van der Waals surface area contributed by atoms with E-state index in [0.29, 0.717) is 42.9 Å². The number of halogens is 2.